The molecule has 0 saturated carbocycles. The molecular formula is C18H19N3O3. The monoisotopic (exact) mass is 325 g/mol. The lowest BCUT2D eigenvalue weighted by atomic mass is 10.1. The minimum Gasteiger partial charge on any atom is -0.355 e. The van der Waals surface area contributed by atoms with Gasteiger partial charge in [0.2, 0.25) is 5.91 Å². The third-order valence-electron chi connectivity index (χ3n) is 3.43. The smallest absolute Gasteiger partial charge is 0.251 e. The fourth-order valence-corrected chi connectivity index (χ4v) is 2.17. The number of hydrogen-bond donors (Lipinski definition) is 3. The van der Waals surface area contributed by atoms with Crippen LogP contribution in [0, 0.1) is 6.92 Å². The van der Waals surface area contributed by atoms with Crippen molar-refractivity contribution in [2.75, 3.05) is 18.9 Å². The minimum atomic E-state index is -0.369. The molecule has 0 unspecified atom stereocenters. The molecule has 0 heterocycles. The Hall–Kier alpha value is -3.15. The summed E-state index contributed by atoms with van der Waals surface area (Å²) in [7, 11) is 1.54. The van der Waals surface area contributed by atoms with Crippen LogP contribution in [0.25, 0.3) is 0 Å². The molecule has 6 nitrogen and oxygen atoms in total. The Labute approximate surface area is 140 Å². The molecule has 3 amide bonds. The van der Waals surface area contributed by atoms with Crippen molar-refractivity contribution in [2.45, 2.75) is 6.92 Å². The first-order chi connectivity index (χ1) is 11.5. The van der Waals surface area contributed by atoms with E-state index in [1.165, 1.54) is 7.05 Å². The molecule has 24 heavy (non-hydrogen) atoms. The third-order valence-corrected chi connectivity index (χ3v) is 3.43. The van der Waals surface area contributed by atoms with Gasteiger partial charge < -0.3 is 16.0 Å². The first-order valence-corrected chi connectivity index (χ1v) is 7.47. The van der Waals surface area contributed by atoms with Gasteiger partial charge in [0, 0.05) is 23.9 Å². The normalized spacial score (nSPS) is 9.92. The molecule has 0 aliphatic carbocycles. The van der Waals surface area contributed by atoms with Gasteiger partial charge in [-0.3, -0.25) is 14.4 Å². The molecule has 0 fully saturated rings. The summed E-state index contributed by atoms with van der Waals surface area (Å²) in [5.74, 6) is -0.910. The SMILES string of the molecule is CNC(=O)c1cccc(NC(=O)CNC(=O)c2ccccc2C)c1. The van der Waals surface area contributed by atoms with Gasteiger partial charge in [-0.1, -0.05) is 24.3 Å². The molecule has 0 saturated heterocycles. The molecule has 2 aromatic carbocycles. The van der Waals surface area contributed by atoms with Crippen molar-refractivity contribution >= 4 is 23.4 Å². The number of carbonyl (C=O) groups is 3. The molecule has 124 valence electrons. The molecule has 0 aliphatic heterocycles. The second-order valence-electron chi connectivity index (χ2n) is 5.21. The van der Waals surface area contributed by atoms with Crippen LogP contribution in [0.2, 0.25) is 0 Å². The Kier molecular flexibility index (Phi) is 5.68. The van der Waals surface area contributed by atoms with Crippen LogP contribution in [0.5, 0.6) is 0 Å². The van der Waals surface area contributed by atoms with E-state index in [0.717, 1.165) is 5.56 Å². The van der Waals surface area contributed by atoms with Crippen LogP contribution in [-0.4, -0.2) is 31.3 Å². The van der Waals surface area contributed by atoms with E-state index >= 15 is 0 Å². The van der Waals surface area contributed by atoms with Crippen LogP contribution in [0.15, 0.2) is 48.5 Å². The minimum absolute atomic E-state index is 0.155. The van der Waals surface area contributed by atoms with Crippen LogP contribution in [0.4, 0.5) is 5.69 Å². The molecule has 0 aliphatic rings. The summed E-state index contributed by atoms with van der Waals surface area (Å²) in [6.07, 6.45) is 0. The summed E-state index contributed by atoms with van der Waals surface area (Å²) in [6.45, 7) is 1.68. The number of benzene rings is 2. The van der Waals surface area contributed by atoms with Crippen LogP contribution >= 0.6 is 0 Å². The highest BCUT2D eigenvalue weighted by molar-refractivity contribution is 6.01. The predicted octanol–water partition coefficient (Wildman–Crippen LogP) is 1.72. The second-order valence-corrected chi connectivity index (χ2v) is 5.21. The summed E-state index contributed by atoms with van der Waals surface area (Å²) >= 11 is 0. The lowest BCUT2D eigenvalue weighted by molar-refractivity contribution is -0.115. The van der Waals surface area contributed by atoms with Crippen molar-refractivity contribution in [3.8, 4) is 0 Å². The van der Waals surface area contributed by atoms with E-state index in [4.69, 9.17) is 0 Å². The van der Waals surface area contributed by atoms with Crippen molar-refractivity contribution in [1.82, 2.24) is 10.6 Å². The lowest BCUT2D eigenvalue weighted by Crippen LogP contribution is -2.33. The summed E-state index contributed by atoms with van der Waals surface area (Å²) in [6, 6.07) is 13.7. The van der Waals surface area contributed by atoms with Crippen LogP contribution in [-0.2, 0) is 4.79 Å². The Bertz CT molecular complexity index is 772. The van der Waals surface area contributed by atoms with Crippen molar-refractivity contribution in [2.24, 2.45) is 0 Å². The van der Waals surface area contributed by atoms with Gasteiger partial charge in [0.1, 0.15) is 0 Å². The highest BCUT2D eigenvalue weighted by atomic mass is 16.2. The largest absolute Gasteiger partial charge is 0.355 e. The predicted molar refractivity (Wildman–Crippen MR) is 92.0 cm³/mol. The molecule has 0 aromatic heterocycles. The first kappa shape index (κ1) is 17.2. The number of hydrogen-bond acceptors (Lipinski definition) is 3. The van der Waals surface area contributed by atoms with Gasteiger partial charge >= 0.3 is 0 Å². The maximum absolute atomic E-state index is 12.1. The molecule has 0 spiro atoms. The zero-order valence-electron chi connectivity index (χ0n) is 13.6. The number of anilines is 1. The van der Waals surface area contributed by atoms with Crippen LogP contribution < -0.4 is 16.0 Å². The van der Waals surface area contributed by atoms with E-state index < -0.39 is 0 Å². The summed E-state index contributed by atoms with van der Waals surface area (Å²) in [4.78, 5) is 35.6. The number of rotatable bonds is 5. The van der Waals surface area contributed by atoms with Gasteiger partial charge in [-0.05, 0) is 36.8 Å². The van der Waals surface area contributed by atoms with E-state index in [2.05, 4.69) is 16.0 Å². The van der Waals surface area contributed by atoms with Gasteiger partial charge in [0.25, 0.3) is 11.8 Å². The van der Waals surface area contributed by atoms with Crippen molar-refractivity contribution < 1.29 is 14.4 Å². The highest BCUT2D eigenvalue weighted by Crippen LogP contribution is 2.10. The molecule has 6 heteroatoms. The standard InChI is InChI=1S/C18H19N3O3/c1-12-6-3-4-9-15(12)18(24)20-11-16(22)21-14-8-5-7-13(10-14)17(23)19-2/h3-10H,11H2,1-2H3,(H,19,23)(H,20,24)(H,21,22). The highest BCUT2D eigenvalue weighted by Gasteiger charge is 2.11. The van der Waals surface area contributed by atoms with Gasteiger partial charge in [-0.2, -0.15) is 0 Å². The number of aryl methyl sites for hydroxylation is 1. The molecule has 2 rings (SSSR count). The van der Waals surface area contributed by atoms with E-state index in [9.17, 15) is 14.4 Å². The average molecular weight is 325 g/mol. The van der Waals surface area contributed by atoms with Crippen LogP contribution in [0.1, 0.15) is 26.3 Å². The third kappa shape index (κ3) is 4.42. The maximum Gasteiger partial charge on any atom is 0.251 e. The molecular weight excluding hydrogens is 306 g/mol. The fourth-order valence-electron chi connectivity index (χ4n) is 2.17. The second kappa shape index (κ2) is 7.92. The molecule has 3 N–H and O–H groups in total. The number of amides is 3. The molecule has 0 bridgehead atoms. The van der Waals surface area contributed by atoms with Gasteiger partial charge in [0.15, 0.2) is 0 Å². The first-order valence-electron chi connectivity index (χ1n) is 7.47. The Balaban J connectivity index is 1.93. The summed E-state index contributed by atoms with van der Waals surface area (Å²) in [5, 5.41) is 7.74. The Morgan fingerprint density at radius 2 is 1.71 bits per heavy atom. The summed E-state index contributed by atoms with van der Waals surface area (Å²) < 4.78 is 0. The van der Waals surface area contributed by atoms with E-state index in [-0.39, 0.29) is 24.3 Å². The average Bonchev–Trinajstić information content (AvgIpc) is 2.59. The van der Waals surface area contributed by atoms with E-state index in [0.29, 0.717) is 16.8 Å². The number of nitrogens with one attached hydrogen (secondary N) is 3. The fraction of sp³-hybridized carbons (Fsp3) is 0.167. The van der Waals surface area contributed by atoms with E-state index in [1.807, 2.05) is 19.1 Å². The van der Waals surface area contributed by atoms with Gasteiger partial charge in [-0.15, -0.1) is 0 Å². The zero-order valence-corrected chi connectivity index (χ0v) is 13.6. The topological polar surface area (TPSA) is 87.3 Å². The lowest BCUT2D eigenvalue weighted by Gasteiger charge is -2.09. The van der Waals surface area contributed by atoms with Crippen molar-refractivity contribution in [3.05, 3.63) is 65.2 Å². The Morgan fingerprint density at radius 3 is 2.42 bits per heavy atom. The van der Waals surface area contributed by atoms with Gasteiger partial charge in [0.05, 0.1) is 6.54 Å². The van der Waals surface area contributed by atoms with Crippen molar-refractivity contribution in [3.63, 3.8) is 0 Å². The van der Waals surface area contributed by atoms with Crippen LogP contribution in [0.3, 0.4) is 0 Å². The molecule has 0 atom stereocenters. The molecule has 0 radical (unpaired) electrons. The maximum atomic E-state index is 12.1. The Morgan fingerprint density at radius 1 is 0.958 bits per heavy atom. The zero-order chi connectivity index (χ0) is 17.5. The quantitative estimate of drug-likeness (QED) is 0.782. The van der Waals surface area contributed by atoms with E-state index in [1.54, 1.807) is 36.4 Å². The van der Waals surface area contributed by atoms with Gasteiger partial charge in [-0.25, -0.2) is 0 Å². The number of carbonyl (C=O) groups excluding carboxylic acids is 3. The molecule has 2 aromatic rings. The van der Waals surface area contributed by atoms with Crippen molar-refractivity contribution in [1.29, 1.82) is 0 Å². The summed E-state index contributed by atoms with van der Waals surface area (Å²) in [5.41, 5.74) is 2.31.